The van der Waals surface area contributed by atoms with Crippen LogP contribution >= 0.6 is 11.8 Å². The molecule has 0 saturated heterocycles. The molecule has 0 radical (unpaired) electrons. The average molecular weight is 344 g/mol. The van der Waals surface area contributed by atoms with Crippen molar-refractivity contribution >= 4 is 17.7 Å². The summed E-state index contributed by atoms with van der Waals surface area (Å²) in [6.07, 6.45) is 3.89. The van der Waals surface area contributed by atoms with E-state index in [1.807, 2.05) is 12.3 Å². The summed E-state index contributed by atoms with van der Waals surface area (Å²) in [5.74, 6) is 1.86. The van der Waals surface area contributed by atoms with Gasteiger partial charge in [-0.25, -0.2) is 0 Å². The Balaban J connectivity index is 1.88. The highest BCUT2D eigenvalue weighted by atomic mass is 32.2. The van der Waals surface area contributed by atoms with Crippen LogP contribution in [0.15, 0.2) is 58.4 Å². The van der Waals surface area contributed by atoms with Crippen molar-refractivity contribution in [3.05, 3.63) is 70.1 Å². The van der Waals surface area contributed by atoms with E-state index in [4.69, 9.17) is 0 Å². The minimum atomic E-state index is 0.0170. The Bertz CT molecular complexity index is 709. The maximum Gasteiger partial charge on any atom is 0.250 e. The third-order valence-electron chi connectivity index (χ3n) is 3.56. The normalized spacial score (nSPS) is 11.3. The summed E-state index contributed by atoms with van der Waals surface area (Å²) < 4.78 is 1.70. The lowest BCUT2D eigenvalue weighted by Gasteiger charge is -2.12. The van der Waals surface area contributed by atoms with E-state index in [1.165, 1.54) is 5.56 Å². The van der Waals surface area contributed by atoms with E-state index in [-0.39, 0.29) is 5.56 Å². The summed E-state index contributed by atoms with van der Waals surface area (Å²) in [6.45, 7) is 2.20. The molecule has 0 bridgehead atoms. The van der Waals surface area contributed by atoms with Gasteiger partial charge in [0.2, 0.25) is 0 Å². The van der Waals surface area contributed by atoms with E-state index >= 15 is 0 Å². The lowest BCUT2D eigenvalue weighted by atomic mass is 10.1. The highest BCUT2D eigenvalue weighted by molar-refractivity contribution is 7.98. The Morgan fingerprint density at radius 2 is 1.88 bits per heavy atom. The first-order chi connectivity index (χ1) is 11.7. The van der Waals surface area contributed by atoms with Crippen LogP contribution in [0.25, 0.3) is 0 Å². The van der Waals surface area contributed by atoms with E-state index < -0.39 is 0 Å². The Morgan fingerprint density at radius 3 is 2.54 bits per heavy atom. The van der Waals surface area contributed by atoms with Crippen LogP contribution in [0, 0.1) is 0 Å². The zero-order valence-electron chi connectivity index (χ0n) is 14.2. The van der Waals surface area contributed by atoms with Crippen molar-refractivity contribution < 1.29 is 0 Å². The van der Waals surface area contributed by atoms with Crippen LogP contribution in [0.1, 0.15) is 11.1 Å². The second kappa shape index (κ2) is 9.82. The summed E-state index contributed by atoms with van der Waals surface area (Å²) in [7, 11) is 1.77. The molecule has 6 heteroatoms. The van der Waals surface area contributed by atoms with Gasteiger partial charge in [0, 0.05) is 38.2 Å². The summed E-state index contributed by atoms with van der Waals surface area (Å²) in [4.78, 5) is 15.9. The Hall–Kier alpha value is -2.21. The van der Waals surface area contributed by atoms with Gasteiger partial charge in [-0.2, -0.15) is 11.8 Å². The minimum Gasteiger partial charge on any atom is -0.356 e. The molecule has 2 aromatic rings. The van der Waals surface area contributed by atoms with Crippen molar-refractivity contribution in [1.29, 1.82) is 0 Å². The van der Waals surface area contributed by atoms with E-state index in [0.717, 1.165) is 23.8 Å². The van der Waals surface area contributed by atoms with Crippen molar-refractivity contribution in [2.45, 2.75) is 13.1 Å². The number of nitrogens with zero attached hydrogens (tertiary/aromatic N) is 2. The number of hydrogen-bond donors (Lipinski definition) is 2. The van der Waals surface area contributed by atoms with Gasteiger partial charge in [-0.3, -0.25) is 9.79 Å². The molecule has 0 amide bonds. The molecule has 0 fully saturated rings. The molecule has 0 aliphatic rings. The molecule has 2 rings (SSSR count). The molecule has 0 aliphatic carbocycles. The van der Waals surface area contributed by atoms with Crippen molar-refractivity contribution in [2.75, 3.05) is 25.6 Å². The largest absolute Gasteiger partial charge is 0.356 e. The van der Waals surface area contributed by atoms with Gasteiger partial charge >= 0.3 is 0 Å². The summed E-state index contributed by atoms with van der Waals surface area (Å²) in [6, 6.07) is 13.5. The molecule has 0 saturated carbocycles. The highest BCUT2D eigenvalue weighted by Gasteiger charge is 2.00. The summed E-state index contributed by atoms with van der Waals surface area (Å²) in [5.41, 5.74) is 2.30. The first kappa shape index (κ1) is 18.1. The van der Waals surface area contributed by atoms with E-state index in [1.54, 1.807) is 35.5 Å². The maximum absolute atomic E-state index is 11.7. The lowest BCUT2D eigenvalue weighted by molar-refractivity contribution is 0.758. The number of nitrogens with one attached hydrogen (secondary N) is 2. The third-order valence-corrected chi connectivity index (χ3v) is 4.17. The molecule has 2 N–H and O–H groups in total. The smallest absolute Gasteiger partial charge is 0.250 e. The van der Waals surface area contributed by atoms with E-state index in [2.05, 4.69) is 46.1 Å². The molecular formula is C18H24N4OS. The minimum absolute atomic E-state index is 0.0170. The Morgan fingerprint density at radius 1 is 1.12 bits per heavy atom. The molecule has 128 valence electrons. The van der Waals surface area contributed by atoms with E-state index in [0.29, 0.717) is 13.1 Å². The topological polar surface area (TPSA) is 58.4 Å². The van der Waals surface area contributed by atoms with Crippen molar-refractivity contribution in [2.24, 2.45) is 4.99 Å². The number of rotatable bonds is 7. The van der Waals surface area contributed by atoms with Crippen LogP contribution in [0.4, 0.5) is 0 Å². The Kier molecular flexibility index (Phi) is 7.42. The van der Waals surface area contributed by atoms with Crippen LogP contribution in [0.2, 0.25) is 0 Å². The second-order valence-electron chi connectivity index (χ2n) is 5.33. The molecule has 0 spiro atoms. The fourth-order valence-electron chi connectivity index (χ4n) is 2.23. The summed E-state index contributed by atoms with van der Waals surface area (Å²) >= 11 is 1.80. The molecule has 24 heavy (non-hydrogen) atoms. The third kappa shape index (κ3) is 5.77. The van der Waals surface area contributed by atoms with Gasteiger partial charge in [-0.1, -0.05) is 30.3 Å². The van der Waals surface area contributed by atoms with Gasteiger partial charge < -0.3 is 15.2 Å². The maximum atomic E-state index is 11.7. The first-order valence-corrected chi connectivity index (χ1v) is 9.29. The highest BCUT2D eigenvalue weighted by Crippen LogP contribution is 2.05. The molecule has 1 heterocycles. The number of aliphatic imine (C=N–C) groups is 1. The van der Waals surface area contributed by atoms with Gasteiger partial charge in [-0.15, -0.1) is 0 Å². The fourth-order valence-corrected chi connectivity index (χ4v) is 2.53. The van der Waals surface area contributed by atoms with Gasteiger partial charge in [0.1, 0.15) is 0 Å². The van der Waals surface area contributed by atoms with Gasteiger partial charge in [0.05, 0.1) is 6.54 Å². The fraction of sp³-hybridized carbons (Fsp3) is 0.333. The number of guanidine groups is 1. The first-order valence-electron chi connectivity index (χ1n) is 7.89. The molecule has 0 aliphatic heterocycles. The zero-order chi connectivity index (χ0) is 17.2. The number of pyridine rings is 1. The number of aromatic nitrogens is 1. The standard InChI is InChI=1S/C18H24N4OS/c1-19-18(20-10-12-24-2)21-13-15-6-8-16(9-7-15)14-22-11-4-3-5-17(22)23/h3-9,11H,10,12-14H2,1-2H3,(H2,19,20,21). The van der Waals surface area contributed by atoms with Crippen LogP contribution in [-0.4, -0.2) is 36.1 Å². The van der Waals surface area contributed by atoms with Gasteiger partial charge in [-0.05, 0) is 23.4 Å². The van der Waals surface area contributed by atoms with Crippen LogP contribution in [-0.2, 0) is 13.1 Å². The van der Waals surface area contributed by atoms with E-state index in [9.17, 15) is 4.79 Å². The predicted molar refractivity (Wildman–Crippen MR) is 103 cm³/mol. The average Bonchev–Trinajstić information content (AvgIpc) is 2.61. The molecule has 1 aromatic heterocycles. The van der Waals surface area contributed by atoms with Crippen molar-refractivity contribution in [3.63, 3.8) is 0 Å². The van der Waals surface area contributed by atoms with Crippen LogP contribution < -0.4 is 16.2 Å². The molecule has 5 nitrogen and oxygen atoms in total. The molecule has 1 aromatic carbocycles. The van der Waals surface area contributed by atoms with Crippen molar-refractivity contribution in [1.82, 2.24) is 15.2 Å². The number of benzene rings is 1. The number of hydrogen-bond acceptors (Lipinski definition) is 3. The summed E-state index contributed by atoms with van der Waals surface area (Å²) in [5, 5.41) is 6.57. The number of thioether (sulfide) groups is 1. The quantitative estimate of drug-likeness (QED) is 0.458. The van der Waals surface area contributed by atoms with Crippen LogP contribution in [0.5, 0.6) is 0 Å². The second-order valence-corrected chi connectivity index (χ2v) is 6.31. The van der Waals surface area contributed by atoms with Gasteiger partial charge in [0.15, 0.2) is 5.96 Å². The zero-order valence-corrected chi connectivity index (χ0v) is 15.0. The van der Waals surface area contributed by atoms with Crippen LogP contribution in [0.3, 0.4) is 0 Å². The SMILES string of the molecule is CN=C(NCCSC)NCc1ccc(Cn2ccccc2=O)cc1. The molecular weight excluding hydrogens is 320 g/mol. The lowest BCUT2D eigenvalue weighted by Crippen LogP contribution is -2.37. The molecule has 0 unspecified atom stereocenters. The van der Waals surface area contributed by atoms with Gasteiger partial charge in [0.25, 0.3) is 5.56 Å². The monoisotopic (exact) mass is 344 g/mol. The molecule has 0 atom stereocenters. The Labute approximate surface area is 147 Å². The van der Waals surface area contributed by atoms with Crippen molar-refractivity contribution in [3.8, 4) is 0 Å². The predicted octanol–water partition coefficient (Wildman–Crippen LogP) is 1.92.